The van der Waals surface area contributed by atoms with Crippen molar-refractivity contribution in [1.82, 2.24) is 20.1 Å². The number of thiazole rings is 1. The molecule has 0 bridgehead atoms. The molecule has 1 fully saturated rings. The van der Waals surface area contributed by atoms with Crippen molar-refractivity contribution in [2.45, 2.75) is 31.2 Å². The fourth-order valence-corrected chi connectivity index (χ4v) is 5.74. The number of rotatable bonds is 5. The van der Waals surface area contributed by atoms with Gasteiger partial charge in [0.15, 0.2) is 0 Å². The molecule has 4 heterocycles. The van der Waals surface area contributed by atoms with E-state index in [2.05, 4.69) is 39.5 Å². The van der Waals surface area contributed by atoms with E-state index >= 15 is 0 Å². The van der Waals surface area contributed by atoms with E-state index in [0.717, 1.165) is 33.5 Å². The monoisotopic (exact) mass is 376 g/mol. The molecule has 0 radical (unpaired) electrons. The maximum atomic E-state index is 4.74. The third-order valence-electron chi connectivity index (χ3n) is 4.24. The fraction of sp³-hybridized carbons (Fsp3) is 0.471. The van der Waals surface area contributed by atoms with Crippen molar-refractivity contribution in [2.24, 2.45) is 0 Å². The van der Waals surface area contributed by atoms with E-state index in [-0.39, 0.29) is 0 Å². The van der Waals surface area contributed by atoms with Crippen LogP contribution in [0.5, 0.6) is 0 Å². The van der Waals surface area contributed by atoms with Crippen LogP contribution >= 0.6 is 34.4 Å². The van der Waals surface area contributed by atoms with Crippen LogP contribution in [0.4, 0.5) is 0 Å². The molecule has 4 nitrogen and oxygen atoms in total. The maximum Gasteiger partial charge on any atom is 0.146 e. The molecule has 0 saturated carbocycles. The predicted octanol–water partition coefficient (Wildman–Crippen LogP) is 4.70. The Labute approximate surface area is 154 Å². The van der Waals surface area contributed by atoms with E-state index in [1.54, 1.807) is 34.4 Å². The minimum Gasteiger partial charge on any atom is -0.303 e. The van der Waals surface area contributed by atoms with E-state index in [1.165, 1.54) is 41.9 Å². The Morgan fingerprint density at radius 1 is 1.21 bits per heavy atom. The molecule has 1 saturated heterocycles. The van der Waals surface area contributed by atoms with Gasteiger partial charge in [0.25, 0.3) is 0 Å². The Bertz CT molecular complexity index is 807. The highest BCUT2D eigenvalue weighted by atomic mass is 32.2. The molecule has 0 unspecified atom stereocenters. The summed E-state index contributed by atoms with van der Waals surface area (Å²) in [6.45, 7) is 5.68. The number of likely N-dealkylation sites (tertiary alicyclic amines) is 1. The van der Waals surface area contributed by atoms with Gasteiger partial charge in [-0.2, -0.15) is 0 Å². The zero-order valence-corrected chi connectivity index (χ0v) is 16.1. The minimum atomic E-state index is 0.978. The van der Waals surface area contributed by atoms with Crippen LogP contribution in [0.15, 0.2) is 22.5 Å². The van der Waals surface area contributed by atoms with Gasteiger partial charge in [-0.25, -0.2) is 4.98 Å². The molecule has 4 rings (SSSR count). The molecular weight excluding hydrogens is 356 g/mol. The smallest absolute Gasteiger partial charge is 0.146 e. The summed E-state index contributed by atoms with van der Waals surface area (Å²) in [6, 6.07) is 4.16. The minimum absolute atomic E-state index is 0.978. The van der Waals surface area contributed by atoms with Crippen LogP contribution < -0.4 is 0 Å². The quantitative estimate of drug-likeness (QED) is 0.604. The fourth-order valence-electron chi connectivity index (χ4n) is 3.05. The van der Waals surface area contributed by atoms with Crippen LogP contribution in [0.2, 0.25) is 0 Å². The topological polar surface area (TPSA) is 41.9 Å². The lowest BCUT2D eigenvalue weighted by Gasteiger charge is -2.25. The van der Waals surface area contributed by atoms with Crippen molar-refractivity contribution < 1.29 is 0 Å². The summed E-state index contributed by atoms with van der Waals surface area (Å²) in [5.41, 5.74) is 2.01. The standard InChI is InChI=1S/C17H20N4S3/c1-12-18-15-16(24-12)14(13-6-5-10-22-13)19-20-17(15)23-11-9-21-7-3-2-4-8-21/h5-6,10H,2-4,7-9,11H2,1H3. The van der Waals surface area contributed by atoms with E-state index in [0.29, 0.717) is 0 Å². The number of fused-ring (bicyclic) bond motifs is 1. The van der Waals surface area contributed by atoms with Crippen molar-refractivity contribution in [3.8, 4) is 10.6 Å². The maximum absolute atomic E-state index is 4.74. The predicted molar refractivity (Wildman–Crippen MR) is 104 cm³/mol. The Morgan fingerprint density at radius 2 is 2.08 bits per heavy atom. The summed E-state index contributed by atoms with van der Waals surface area (Å²) in [5.74, 6) is 1.05. The summed E-state index contributed by atoms with van der Waals surface area (Å²) in [4.78, 5) is 8.47. The van der Waals surface area contributed by atoms with Gasteiger partial charge in [-0.3, -0.25) is 0 Å². The Hall–Kier alpha value is -1.02. The van der Waals surface area contributed by atoms with Gasteiger partial charge in [0.05, 0.1) is 14.6 Å². The first-order chi connectivity index (χ1) is 11.8. The number of hydrogen-bond donors (Lipinski definition) is 0. The first-order valence-corrected chi connectivity index (χ1v) is 11.0. The third kappa shape index (κ3) is 3.49. The Morgan fingerprint density at radius 3 is 2.88 bits per heavy atom. The first-order valence-electron chi connectivity index (χ1n) is 8.34. The number of aromatic nitrogens is 3. The molecule has 0 atom stereocenters. The molecule has 1 aliphatic heterocycles. The molecule has 0 N–H and O–H groups in total. The molecule has 7 heteroatoms. The normalized spacial score (nSPS) is 16.0. The SMILES string of the molecule is Cc1nc2c(SCCN3CCCCC3)nnc(-c3cccs3)c2s1. The number of thioether (sulfide) groups is 1. The van der Waals surface area contributed by atoms with Gasteiger partial charge in [-0.05, 0) is 44.3 Å². The molecule has 0 aliphatic carbocycles. The number of piperidine rings is 1. The van der Waals surface area contributed by atoms with Crippen molar-refractivity contribution in [3.63, 3.8) is 0 Å². The second kappa shape index (κ2) is 7.47. The van der Waals surface area contributed by atoms with E-state index in [9.17, 15) is 0 Å². The van der Waals surface area contributed by atoms with Gasteiger partial charge < -0.3 is 4.90 Å². The number of aryl methyl sites for hydroxylation is 1. The van der Waals surface area contributed by atoms with Gasteiger partial charge >= 0.3 is 0 Å². The molecule has 24 heavy (non-hydrogen) atoms. The highest BCUT2D eigenvalue weighted by Gasteiger charge is 2.17. The first kappa shape index (κ1) is 16.4. The second-order valence-corrected chi connectivity index (χ2v) is 9.23. The van der Waals surface area contributed by atoms with Crippen molar-refractivity contribution in [1.29, 1.82) is 0 Å². The highest BCUT2D eigenvalue weighted by molar-refractivity contribution is 7.99. The summed E-state index contributed by atoms with van der Waals surface area (Å²) < 4.78 is 1.17. The number of thiophene rings is 1. The van der Waals surface area contributed by atoms with Gasteiger partial charge in [-0.1, -0.05) is 12.5 Å². The summed E-state index contributed by atoms with van der Waals surface area (Å²) >= 11 is 5.22. The zero-order valence-electron chi connectivity index (χ0n) is 13.7. The lowest BCUT2D eigenvalue weighted by Crippen LogP contribution is -2.31. The van der Waals surface area contributed by atoms with Crippen LogP contribution in [0, 0.1) is 6.92 Å². The van der Waals surface area contributed by atoms with Gasteiger partial charge in [0.2, 0.25) is 0 Å². The van der Waals surface area contributed by atoms with Crippen LogP contribution in [0.3, 0.4) is 0 Å². The molecule has 3 aromatic rings. The average Bonchev–Trinajstić information content (AvgIpc) is 3.25. The van der Waals surface area contributed by atoms with Gasteiger partial charge in [0.1, 0.15) is 16.2 Å². The largest absolute Gasteiger partial charge is 0.303 e. The second-order valence-electron chi connectivity index (χ2n) is 5.99. The van der Waals surface area contributed by atoms with Crippen molar-refractivity contribution >= 4 is 44.7 Å². The van der Waals surface area contributed by atoms with Gasteiger partial charge in [0, 0.05) is 12.3 Å². The Kier molecular flexibility index (Phi) is 5.12. The lowest BCUT2D eigenvalue weighted by molar-refractivity contribution is 0.242. The highest BCUT2D eigenvalue weighted by Crippen LogP contribution is 2.36. The average molecular weight is 377 g/mol. The van der Waals surface area contributed by atoms with Crippen LogP contribution in [0.1, 0.15) is 24.3 Å². The molecule has 3 aromatic heterocycles. The van der Waals surface area contributed by atoms with Crippen LogP contribution in [-0.4, -0.2) is 45.5 Å². The zero-order chi connectivity index (χ0) is 16.4. The van der Waals surface area contributed by atoms with E-state index < -0.39 is 0 Å². The molecule has 126 valence electrons. The Balaban J connectivity index is 1.54. The molecule has 0 spiro atoms. The summed E-state index contributed by atoms with van der Waals surface area (Å²) in [7, 11) is 0. The van der Waals surface area contributed by atoms with E-state index in [1.807, 2.05) is 0 Å². The third-order valence-corrected chi connectivity index (χ3v) is 7.03. The molecule has 1 aliphatic rings. The molecular formula is C17H20N4S3. The molecule has 0 aromatic carbocycles. The van der Waals surface area contributed by atoms with Crippen molar-refractivity contribution in [2.75, 3.05) is 25.4 Å². The number of hydrogen-bond acceptors (Lipinski definition) is 7. The summed E-state index contributed by atoms with van der Waals surface area (Å²) in [5, 5.41) is 13.2. The summed E-state index contributed by atoms with van der Waals surface area (Å²) in [6.07, 6.45) is 4.07. The van der Waals surface area contributed by atoms with E-state index in [4.69, 9.17) is 4.98 Å². The van der Waals surface area contributed by atoms with Crippen LogP contribution in [-0.2, 0) is 0 Å². The van der Waals surface area contributed by atoms with Crippen molar-refractivity contribution in [3.05, 3.63) is 22.5 Å². The van der Waals surface area contributed by atoms with Crippen LogP contribution in [0.25, 0.3) is 20.8 Å². The molecule has 0 amide bonds. The number of nitrogens with zero attached hydrogens (tertiary/aromatic N) is 4. The lowest BCUT2D eigenvalue weighted by atomic mass is 10.1. The van der Waals surface area contributed by atoms with Gasteiger partial charge in [-0.15, -0.1) is 44.6 Å².